The summed E-state index contributed by atoms with van der Waals surface area (Å²) in [5, 5.41) is 0. The third-order valence-corrected chi connectivity index (χ3v) is 7.64. The predicted octanol–water partition coefficient (Wildman–Crippen LogP) is 7.41. The van der Waals surface area contributed by atoms with E-state index >= 15 is 0 Å². The molecule has 0 radical (unpaired) electrons. The molecule has 3 aromatic carbocycles. The third-order valence-electron chi connectivity index (χ3n) is 7.64. The van der Waals surface area contributed by atoms with Crippen LogP contribution in [-0.4, -0.2) is 30.8 Å². The van der Waals surface area contributed by atoms with E-state index in [0.29, 0.717) is 37.0 Å². The fraction of sp³-hybridized carbons (Fsp3) is 0.389. The van der Waals surface area contributed by atoms with E-state index < -0.39 is 11.6 Å². The molecule has 1 aliphatic heterocycles. The van der Waals surface area contributed by atoms with Crippen molar-refractivity contribution in [2.75, 3.05) is 13.2 Å². The minimum absolute atomic E-state index is 0.0567. The lowest BCUT2D eigenvalue weighted by molar-refractivity contribution is -0.170. The lowest BCUT2D eigenvalue weighted by Crippen LogP contribution is -2.40. The number of carbonyl (C=O) groups excluding carboxylic acids is 2. The Hall–Kier alpha value is -3.90. The molecule has 42 heavy (non-hydrogen) atoms. The maximum Gasteiger partial charge on any atom is 0.334 e. The van der Waals surface area contributed by atoms with Crippen molar-refractivity contribution in [1.29, 1.82) is 0 Å². The van der Waals surface area contributed by atoms with Crippen LogP contribution in [-0.2, 0) is 37.0 Å². The van der Waals surface area contributed by atoms with E-state index in [0.717, 1.165) is 22.4 Å². The number of carbonyl (C=O) groups is 2. The molecule has 0 aliphatic carbocycles. The molecule has 222 valence electrons. The van der Waals surface area contributed by atoms with Crippen LogP contribution in [0.1, 0.15) is 57.2 Å². The summed E-state index contributed by atoms with van der Waals surface area (Å²) in [7, 11) is 0. The average Bonchev–Trinajstić information content (AvgIpc) is 3.29. The number of benzene rings is 3. The number of hydrogen-bond acceptors (Lipinski definition) is 6. The monoisotopic (exact) mass is 570 g/mol. The van der Waals surface area contributed by atoms with Gasteiger partial charge in [-0.1, -0.05) is 100 Å². The zero-order valence-corrected chi connectivity index (χ0v) is 25.1. The normalized spacial score (nSPS) is 17.7. The van der Waals surface area contributed by atoms with Gasteiger partial charge in [0.15, 0.2) is 5.60 Å². The van der Waals surface area contributed by atoms with E-state index in [4.69, 9.17) is 18.9 Å². The van der Waals surface area contributed by atoms with Gasteiger partial charge in [0.05, 0.1) is 13.2 Å². The van der Waals surface area contributed by atoms with Crippen molar-refractivity contribution in [1.82, 2.24) is 0 Å². The van der Waals surface area contributed by atoms with Crippen LogP contribution in [0.15, 0.2) is 90.5 Å². The molecule has 0 aromatic heterocycles. The lowest BCUT2D eigenvalue weighted by atomic mass is 9.83. The van der Waals surface area contributed by atoms with Crippen LogP contribution in [0, 0.1) is 17.8 Å². The molecule has 0 saturated carbocycles. The van der Waals surface area contributed by atoms with Gasteiger partial charge in [-0.2, -0.15) is 0 Å². The summed E-state index contributed by atoms with van der Waals surface area (Å²) >= 11 is 0. The van der Waals surface area contributed by atoms with Crippen molar-refractivity contribution in [2.24, 2.45) is 17.8 Å². The second kappa shape index (κ2) is 14.8. The highest BCUT2D eigenvalue weighted by Crippen LogP contribution is 2.34. The SMILES string of the molecule is CC(C)C(CC(=O)OCC1(COCc2ccccc2)C/C(=C\c2ccc(OCc3ccccc3)cc2)C(=O)O1)C(C)C. The Bertz CT molecular complexity index is 1310. The summed E-state index contributed by atoms with van der Waals surface area (Å²) in [6.45, 7) is 9.38. The first kappa shape index (κ1) is 31.0. The van der Waals surface area contributed by atoms with Gasteiger partial charge in [0.1, 0.15) is 19.0 Å². The Balaban J connectivity index is 1.43. The molecule has 0 N–H and O–H groups in total. The van der Waals surface area contributed by atoms with Crippen molar-refractivity contribution < 1.29 is 28.5 Å². The smallest absolute Gasteiger partial charge is 0.334 e. The summed E-state index contributed by atoms with van der Waals surface area (Å²) in [6, 6.07) is 27.4. The second-order valence-electron chi connectivity index (χ2n) is 11.8. The minimum atomic E-state index is -1.09. The third kappa shape index (κ3) is 9.05. The molecule has 1 fully saturated rings. The summed E-state index contributed by atoms with van der Waals surface area (Å²) < 4.78 is 23.5. The van der Waals surface area contributed by atoms with E-state index in [1.54, 1.807) is 0 Å². The van der Waals surface area contributed by atoms with Gasteiger partial charge in [0.25, 0.3) is 0 Å². The second-order valence-corrected chi connectivity index (χ2v) is 11.8. The van der Waals surface area contributed by atoms with Crippen molar-refractivity contribution >= 4 is 18.0 Å². The minimum Gasteiger partial charge on any atom is -0.489 e. The zero-order chi connectivity index (χ0) is 30.0. The molecule has 1 saturated heterocycles. The molecule has 1 unspecified atom stereocenters. The summed E-state index contributed by atoms with van der Waals surface area (Å²) in [6.07, 6.45) is 2.42. The molecule has 1 atom stereocenters. The Kier molecular flexibility index (Phi) is 11.0. The maximum atomic E-state index is 13.0. The van der Waals surface area contributed by atoms with Crippen LogP contribution in [0.3, 0.4) is 0 Å². The number of cyclic esters (lactones) is 1. The van der Waals surface area contributed by atoms with Gasteiger partial charge in [-0.25, -0.2) is 4.79 Å². The van der Waals surface area contributed by atoms with E-state index in [-0.39, 0.29) is 31.5 Å². The average molecular weight is 571 g/mol. The largest absolute Gasteiger partial charge is 0.489 e. The van der Waals surface area contributed by atoms with Crippen LogP contribution in [0.4, 0.5) is 0 Å². The number of esters is 2. The van der Waals surface area contributed by atoms with Crippen LogP contribution in [0.2, 0.25) is 0 Å². The van der Waals surface area contributed by atoms with Crippen LogP contribution in [0.5, 0.6) is 5.75 Å². The number of ether oxygens (including phenoxy) is 4. The van der Waals surface area contributed by atoms with Gasteiger partial charge >= 0.3 is 11.9 Å². The summed E-state index contributed by atoms with van der Waals surface area (Å²) in [5.74, 6) is 0.950. The summed E-state index contributed by atoms with van der Waals surface area (Å²) in [5.41, 5.74) is 2.37. The highest BCUT2D eigenvalue weighted by molar-refractivity contribution is 5.96. The number of hydrogen-bond donors (Lipinski definition) is 0. The molecular formula is C36H42O6. The molecule has 1 heterocycles. The maximum absolute atomic E-state index is 13.0. The lowest BCUT2D eigenvalue weighted by Gasteiger charge is -2.28. The molecule has 3 aromatic rings. The van der Waals surface area contributed by atoms with Crippen LogP contribution >= 0.6 is 0 Å². The van der Waals surface area contributed by atoms with Crippen molar-refractivity contribution in [2.45, 2.75) is 59.4 Å². The first-order chi connectivity index (χ1) is 20.2. The number of rotatable bonds is 14. The molecule has 1 aliphatic rings. The van der Waals surface area contributed by atoms with Crippen molar-refractivity contribution in [3.8, 4) is 5.75 Å². The van der Waals surface area contributed by atoms with E-state index in [2.05, 4.69) is 27.7 Å². The molecule has 4 rings (SSSR count). The molecule has 0 bridgehead atoms. The quantitative estimate of drug-likeness (QED) is 0.148. The van der Waals surface area contributed by atoms with Gasteiger partial charge in [0, 0.05) is 18.4 Å². The first-order valence-electron chi connectivity index (χ1n) is 14.7. The Morgan fingerprint density at radius 2 is 1.43 bits per heavy atom. The molecule has 6 heteroatoms. The summed E-state index contributed by atoms with van der Waals surface area (Å²) in [4.78, 5) is 25.9. The highest BCUT2D eigenvalue weighted by atomic mass is 16.6. The Labute approximate surface area is 249 Å². The highest BCUT2D eigenvalue weighted by Gasteiger charge is 2.45. The molecular weight excluding hydrogens is 528 g/mol. The molecule has 6 nitrogen and oxygen atoms in total. The van der Waals surface area contributed by atoms with Crippen LogP contribution in [0.25, 0.3) is 6.08 Å². The van der Waals surface area contributed by atoms with E-state index in [1.807, 2.05) is 91.0 Å². The van der Waals surface area contributed by atoms with Gasteiger partial charge in [-0.05, 0) is 52.7 Å². The first-order valence-corrected chi connectivity index (χ1v) is 14.7. The van der Waals surface area contributed by atoms with Crippen molar-refractivity contribution in [3.63, 3.8) is 0 Å². The Morgan fingerprint density at radius 3 is 2.02 bits per heavy atom. The van der Waals surface area contributed by atoms with E-state index in [1.165, 1.54) is 0 Å². The standard InChI is InChI=1S/C36H42O6/c1-26(2)33(27(3)4)20-34(37)41-25-36(24-39-22-29-11-7-5-8-12-29)21-31(35(38)42-36)19-28-15-17-32(18-16-28)40-23-30-13-9-6-10-14-30/h5-19,26-27,33H,20-25H2,1-4H3/b31-19+. The van der Waals surface area contributed by atoms with Gasteiger partial charge in [0.2, 0.25) is 0 Å². The topological polar surface area (TPSA) is 71.1 Å². The fourth-order valence-electron chi connectivity index (χ4n) is 5.27. The predicted molar refractivity (Wildman–Crippen MR) is 163 cm³/mol. The van der Waals surface area contributed by atoms with Gasteiger partial charge in [-0.15, -0.1) is 0 Å². The van der Waals surface area contributed by atoms with Crippen molar-refractivity contribution in [3.05, 3.63) is 107 Å². The fourth-order valence-corrected chi connectivity index (χ4v) is 5.27. The Morgan fingerprint density at radius 1 is 0.833 bits per heavy atom. The van der Waals surface area contributed by atoms with Gasteiger partial charge in [-0.3, -0.25) is 4.79 Å². The van der Waals surface area contributed by atoms with Gasteiger partial charge < -0.3 is 18.9 Å². The van der Waals surface area contributed by atoms with Crippen LogP contribution < -0.4 is 4.74 Å². The zero-order valence-electron chi connectivity index (χ0n) is 25.1. The molecule has 0 spiro atoms. The molecule has 0 amide bonds. The van der Waals surface area contributed by atoms with E-state index in [9.17, 15) is 9.59 Å².